The molecule has 3 heteroatoms. The first-order valence-corrected chi connectivity index (χ1v) is 7.85. The van der Waals surface area contributed by atoms with Gasteiger partial charge >= 0.3 is 6.03 Å². The molecule has 116 valence electrons. The summed E-state index contributed by atoms with van der Waals surface area (Å²) in [5.74, 6) is 0. The molecule has 0 aliphatic carbocycles. The fraction of sp³-hybridized carbons (Fsp3) is 0.316. The monoisotopic (exact) mass is 296 g/mol. The maximum atomic E-state index is 11.7. The number of amides is 2. The molecule has 2 amide bonds. The zero-order valence-electron chi connectivity index (χ0n) is 13.1. The van der Waals surface area contributed by atoms with E-state index in [1.165, 1.54) is 11.1 Å². The van der Waals surface area contributed by atoms with Gasteiger partial charge in [0.05, 0.1) is 0 Å². The highest BCUT2D eigenvalue weighted by atomic mass is 16.2. The number of hydrogen-bond donors (Lipinski definition) is 2. The molecule has 0 saturated carbocycles. The second-order valence-electron chi connectivity index (χ2n) is 5.54. The van der Waals surface area contributed by atoms with Crippen LogP contribution in [0.1, 0.15) is 29.5 Å². The second-order valence-corrected chi connectivity index (χ2v) is 5.54. The van der Waals surface area contributed by atoms with Gasteiger partial charge in [-0.05, 0) is 37.3 Å². The summed E-state index contributed by atoms with van der Waals surface area (Å²) in [6.07, 6.45) is 3.14. The molecule has 2 N–H and O–H groups in total. The highest BCUT2D eigenvalue weighted by Gasteiger charge is 2.00. The zero-order valence-corrected chi connectivity index (χ0v) is 13.1. The van der Waals surface area contributed by atoms with Crippen molar-refractivity contribution in [1.29, 1.82) is 0 Å². The highest BCUT2D eigenvalue weighted by molar-refractivity contribution is 5.73. The molecule has 2 aromatic rings. The standard InChI is InChI=1S/C19H24N2O/c1-16-10-12-18(13-11-16)15-21-19(22)20-14-6-5-9-17-7-3-2-4-8-17/h2-4,7-8,10-13H,5-6,9,14-15H2,1H3,(H2,20,21,22). The lowest BCUT2D eigenvalue weighted by molar-refractivity contribution is 0.240. The van der Waals surface area contributed by atoms with Gasteiger partial charge in [-0.2, -0.15) is 0 Å². The van der Waals surface area contributed by atoms with Crippen molar-refractivity contribution in [1.82, 2.24) is 10.6 Å². The molecule has 3 nitrogen and oxygen atoms in total. The van der Waals surface area contributed by atoms with E-state index in [1.807, 2.05) is 18.2 Å². The van der Waals surface area contributed by atoms with Crippen molar-refractivity contribution in [2.24, 2.45) is 0 Å². The SMILES string of the molecule is Cc1ccc(CNC(=O)NCCCCc2ccccc2)cc1. The predicted molar refractivity (Wildman–Crippen MR) is 90.8 cm³/mol. The molecule has 0 bridgehead atoms. The van der Waals surface area contributed by atoms with Gasteiger partial charge < -0.3 is 10.6 Å². The van der Waals surface area contributed by atoms with Crippen molar-refractivity contribution in [2.45, 2.75) is 32.7 Å². The van der Waals surface area contributed by atoms with Crippen LogP contribution >= 0.6 is 0 Å². The number of aryl methyl sites for hydroxylation is 2. The van der Waals surface area contributed by atoms with Crippen molar-refractivity contribution in [3.05, 3.63) is 71.3 Å². The number of benzene rings is 2. The van der Waals surface area contributed by atoms with Crippen molar-refractivity contribution >= 4 is 6.03 Å². The summed E-state index contributed by atoms with van der Waals surface area (Å²) < 4.78 is 0. The summed E-state index contributed by atoms with van der Waals surface area (Å²) in [4.78, 5) is 11.7. The molecule has 0 saturated heterocycles. The number of urea groups is 1. The van der Waals surface area contributed by atoms with Crippen LogP contribution in [0, 0.1) is 6.92 Å². The first-order chi connectivity index (χ1) is 10.7. The van der Waals surface area contributed by atoms with E-state index in [-0.39, 0.29) is 6.03 Å². The van der Waals surface area contributed by atoms with E-state index in [1.54, 1.807) is 0 Å². The fourth-order valence-corrected chi connectivity index (χ4v) is 2.25. The van der Waals surface area contributed by atoms with E-state index < -0.39 is 0 Å². The molecule has 0 unspecified atom stereocenters. The van der Waals surface area contributed by atoms with Gasteiger partial charge in [-0.25, -0.2) is 4.79 Å². The van der Waals surface area contributed by atoms with E-state index >= 15 is 0 Å². The molecule has 0 aromatic heterocycles. The Labute approximate surface area is 132 Å². The quantitative estimate of drug-likeness (QED) is 0.749. The molecule has 0 radical (unpaired) electrons. The summed E-state index contributed by atoms with van der Waals surface area (Å²) in [5.41, 5.74) is 3.70. The summed E-state index contributed by atoms with van der Waals surface area (Å²) in [6, 6.07) is 18.5. The summed E-state index contributed by atoms with van der Waals surface area (Å²) in [5, 5.41) is 5.78. The minimum Gasteiger partial charge on any atom is -0.338 e. The minimum absolute atomic E-state index is 0.0970. The lowest BCUT2D eigenvalue weighted by Gasteiger charge is -2.08. The van der Waals surface area contributed by atoms with Gasteiger partial charge in [-0.15, -0.1) is 0 Å². The Morgan fingerprint density at radius 1 is 0.864 bits per heavy atom. The van der Waals surface area contributed by atoms with Gasteiger partial charge in [-0.3, -0.25) is 0 Å². The van der Waals surface area contributed by atoms with Crippen molar-refractivity contribution < 1.29 is 4.79 Å². The fourth-order valence-electron chi connectivity index (χ4n) is 2.25. The maximum Gasteiger partial charge on any atom is 0.315 e. The van der Waals surface area contributed by atoms with Gasteiger partial charge in [-0.1, -0.05) is 60.2 Å². The lowest BCUT2D eigenvalue weighted by Crippen LogP contribution is -2.35. The third-order valence-corrected chi connectivity index (χ3v) is 3.59. The van der Waals surface area contributed by atoms with E-state index in [0.717, 1.165) is 24.8 Å². The van der Waals surface area contributed by atoms with Crippen LogP contribution in [0.5, 0.6) is 0 Å². The number of carbonyl (C=O) groups excluding carboxylic acids is 1. The van der Waals surface area contributed by atoms with Crippen LogP contribution in [0.3, 0.4) is 0 Å². The maximum absolute atomic E-state index is 11.7. The van der Waals surface area contributed by atoms with Crippen LogP contribution in [0.4, 0.5) is 4.79 Å². The molecular formula is C19H24N2O. The molecule has 0 atom stereocenters. The van der Waals surface area contributed by atoms with Gasteiger partial charge in [0.2, 0.25) is 0 Å². The summed E-state index contributed by atoms with van der Waals surface area (Å²) in [6.45, 7) is 3.34. The third-order valence-electron chi connectivity index (χ3n) is 3.59. The molecule has 22 heavy (non-hydrogen) atoms. The number of unbranched alkanes of at least 4 members (excludes halogenated alkanes) is 1. The number of hydrogen-bond acceptors (Lipinski definition) is 1. The Morgan fingerprint density at radius 3 is 2.32 bits per heavy atom. The zero-order chi connectivity index (χ0) is 15.6. The molecular weight excluding hydrogens is 272 g/mol. The van der Waals surface area contributed by atoms with Crippen LogP contribution in [0.15, 0.2) is 54.6 Å². The van der Waals surface area contributed by atoms with Crippen molar-refractivity contribution in [2.75, 3.05) is 6.54 Å². The molecule has 0 aliphatic rings. The Bertz CT molecular complexity index is 564. The van der Waals surface area contributed by atoms with E-state index in [9.17, 15) is 4.79 Å². The second kappa shape index (κ2) is 8.88. The topological polar surface area (TPSA) is 41.1 Å². The molecule has 0 fully saturated rings. The number of rotatable bonds is 7. The van der Waals surface area contributed by atoms with Gasteiger partial charge in [0, 0.05) is 13.1 Å². The third kappa shape index (κ3) is 6.00. The first-order valence-electron chi connectivity index (χ1n) is 7.85. The van der Waals surface area contributed by atoms with Gasteiger partial charge in [0.1, 0.15) is 0 Å². The van der Waals surface area contributed by atoms with Crippen LogP contribution in [-0.4, -0.2) is 12.6 Å². The van der Waals surface area contributed by atoms with E-state index in [0.29, 0.717) is 13.1 Å². The predicted octanol–water partition coefficient (Wildman–Crippen LogP) is 3.82. The minimum atomic E-state index is -0.0970. The average Bonchev–Trinajstić information content (AvgIpc) is 2.55. The molecule has 0 aliphatic heterocycles. The van der Waals surface area contributed by atoms with Crippen molar-refractivity contribution in [3.63, 3.8) is 0 Å². The van der Waals surface area contributed by atoms with E-state index in [4.69, 9.17) is 0 Å². The Balaban J connectivity index is 1.55. The van der Waals surface area contributed by atoms with Crippen LogP contribution in [0.25, 0.3) is 0 Å². The lowest BCUT2D eigenvalue weighted by atomic mass is 10.1. The van der Waals surface area contributed by atoms with Crippen LogP contribution in [0.2, 0.25) is 0 Å². The largest absolute Gasteiger partial charge is 0.338 e. The Morgan fingerprint density at radius 2 is 1.59 bits per heavy atom. The summed E-state index contributed by atoms with van der Waals surface area (Å²) >= 11 is 0. The van der Waals surface area contributed by atoms with Crippen LogP contribution in [-0.2, 0) is 13.0 Å². The smallest absolute Gasteiger partial charge is 0.315 e. The first kappa shape index (κ1) is 16.1. The average molecular weight is 296 g/mol. The Hall–Kier alpha value is -2.29. The normalized spacial score (nSPS) is 10.2. The van der Waals surface area contributed by atoms with E-state index in [2.05, 4.69) is 54.0 Å². The van der Waals surface area contributed by atoms with Gasteiger partial charge in [0.15, 0.2) is 0 Å². The molecule has 0 spiro atoms. The van der Waals surface area contributed by atoms with Crippen molar-refractivity contribution in [3.8, 4) is 0 Å². The highest BCUT2D eigenvalue weighted by Crippen LogP contribution is 2.04. The van der Waals surface area contributed by atoms with Gasteiger partial charge in [0.25, 0.3) is 0 Å². The summed E-state index contributed by atoms with van der Waals surface area (Å²) in [7, 11) is 0. The molecule has 2 rings (SSSR count). The molecule has 0 heterocycles. The Kier molecular flexibility index (Phi) is 6.49. The number of carbonyl (C=O) groups is 1. The molecule has 2 aromatic carbocycles. The number of nitrogens with one attached hydrogen (secondary N) is 2. The van der Waals surface area contributed by atoms with Crippen LogP contribution < -0.4 is 10.6 Å².